The van der Waals surface area contributed by atoms with Crippen molar-refractivity contribution >= 4 is 12.0 Å². The lowest BCUT2D eigenvalue weighted by Crippen LogP contribution is -2.79. The van der Waals surface area contributed by atoms with Gasteiger partial charge in [0.25, 0.3) is 0 Å². The van der Waals surface area contributed by atoms with Crippen molar-refractivity contribution < 1.29 is 19.4 Å². The van der Waals surface area contributed by atoms with Crippen molar-refractivity contribution in [2.24, 2.45) is 5.41 Å². The van der Waals surface area contributed by atoms with E-state index in [1.165, 1.54) is 7.11 Å². The average Bonchev–Trinajstić information content (AvgIpc) is 2.69. The molecule has 2 heterocycles. The minimum atomic E-state index is -0.889. The molecule has 1 unspecified atom stereocenters. The molecule has 0 aromatic carbocycles. The predicted octanol–water partition coefficient (Wildman–Crippen LogP) is -0.282. The molecule has 2 bridgehead atoms. The van der Waals surface area contributed by atoms with E-state index in [-0.39, 0.29) is 23.0 Å². The fourth-order valence-electron chi connectivity index (χ4n) is 5.00. The third kappa shape index (κ3) is 1.56. The van der Waals surface area contributed by atoms with Crippen molar-refractivity contribution in [3.63, 3.8) is 0 Å². The van der Waals surface area contributed by atoms with E-state index in [1.807, 2.05) is 9.80 Å². The summed E-state index contributed by atoms with van der Waals surface area (Å²) in [6.45, 7) is 3.26. The lowest BCUT2D eigenvalue weighted by molar-refractivity contribution is -0.253. The van der Waals surface area contributed by atoms with Gasteiger partial charge in [-0.05, 0) is 19.3 Å². The van der Waals surface area contributed by atoms with E-state index < -0.39 is 12.1 Å². The van der Waals surface area contributed by atoms with Crippen molar-refractivity contribution in [2.45, 2.75) is 36.9 Å². The first-order valence-electron chi connectivity index (χ1n) is 7.56. The van der Waals surface area contributed by atoms with Crippen molar-refractivity contribution in [3.05, 3.63) is 0 Å². The molecule has 2 saturated heterocycles. The number of rotatable bonds is 4. The van der Waals surface area contributed by atoms with Crippen LogP contribution >= 0.6 is 0 Å². The largest absolute Gasteiger partial charge is 0.479 e. The quantitative estimate of drug-likeness (QED) is 0.745. The van der Waals surface area contributed by atoms with Crippen LogP contribution in [0.3, 0.4) is 0 Å². The Hall–Kier alpha value is -1.34. The molecule has 2 N–H and O–H groups in total. The van der Waals surface area contributed by atoms with Gasteiger partial charge in [0.05, 0.1) is 6.04 Å². The lowest BCUT2D eigenvalue weighted by Gasteiger charge is -2.74. The van der Waals surface area contributed by atoms with Crippen LogP contribution in [0.4, 0.5) is 4.79 Å². The maximum atomic E-state index is 12.6. The first-order valence-corrected chi connectivity index (χ1v) is 7.56. The third-order valence-electron chi connectivity index (χ3n) is 5.85. The van der Waals surface area contributed by atoms with E-state index in [1.54, 1.807) is 0 Å². The van der Waals surface area contributed by atoms with Crippen LogP contribution in [-0.2, 0) is 9.53 Å². The molecular formula is C14H21N3O4. The van der Waals surface area contributed by atoms with E-state index in [0.717, 1.165) is 45.4 Å². The zero-order valence-corrected chi connectivity index (χ0v) is 12.2. The van der Waals surface area contributed by atoms with Gasteiger partial charge in [0.2, 0.25) is 0 Å². The number of ether oxygens (including phenoxy) is 1. The summed E-state index contributed by atoms with van der Waals surface area (Å²) in [5.41, 5.74) is -0.344. The number of piperazine rings is 1. The van der Waals surface area contributed by atoms with E-state index in [9.17, 15) is 14.7 Å². The highest BCUT2D eigenvalue weighted by atomic mass is 16.5. The van der Waals surface area contributed by atoms with Gasteiger partial charge in [-0.3, -0.25) is 0 Å². The fourth-order valence-corrected chi connectivity index (χ4v) is 5.00. The van der Waals surface area contributed by atoms with Crippen LogP contribution in [-0.4, -0.2) is 77.9 Å². The normalized spacial score (nSPS) is 42.1. The molecule has 0 aromatic rings. The molecule has 0 aromatic heterocycles. The summed E-state index contributed by atoms with van der Waals surface area (Å²) in [6.07, 6.45) is 1.57. The number of amides is 2. The number of hydrogen-bond donors (Lipinski definition) is 2. The number of carboxylic acids is 1. The molecule has 3 aliphatic carbocycles. The molecule has 21 heavy (non-hydrogen) atoms. The Labute approximate surface area is 123 Å². The SMILES string of the molecule is COC(C(=O)O)C12CC(N3C[C@@H]4CNCCN4C3=O)(C1)C2. The van der Waals surface area contributed by atoms with Crippen molar-refractivity contribution in [1.82, 2.24) is 15.1 Å². The Morgan fingerprint density at radius 2 is 2.19 bits per heavy atom. The number of hydrogen-bond acceptors (Lipinski definition) is 4. The molecule has 116 valence electrons. The van der Waals surface area contributed by atoms with Crippen LogP contribution in [0.5, 0.6) is 0 Å². The minimum absolute atomic E-state index is 0.0966. The number of nitrogens with zero attached hydrogens (tertiary/aromatic N) is 2. The smallest absolute Gasteiger partial charge is 0.333 e. The van der Waals surface area contributed by atoms with Crippen LogP contribution in [0.1, 0.15) is 19.3 Å². The summed E-state index contributed by atoms with van der Waals surface area (Å²) < 4.78 is 5.16. The van der Waals surface area contributed by atoms with E-state index in [4.69, 9.17) is 4.74 Å². The van der Waals surface area contributed by atoms with Gasteiger partial charge in [-0.15, -0.1) is 0 Å². The van der Waals surface area contributed by atoms with Crippen molar-refractivity contribution in [2.75, 3.05) is 33.3 Å². The van der Waals surface area contributed by atoms with Gasteiger partial charge in [-0.2, -0.15) is 0 Å². The number of aliphatic carboxylic acids is 1. The highest BCUT2D eigenvalue weighted by Crippen LogP contribution is 2.72. The number of nitrogens with one attached hydrogen (secondary N) is 1. The van der Waals surface area contributed by atoms with Gasteiger partial charge in [0.15, 0.2) is 6.10 Å². The molecule has 5 aliphatic rings. The second-order valence-corrected chi connectivity index (χ2v) is 7.02. The Morgan fingerprint density at radius 1 is 1.48 bits per heavy atom. The van der Waals surface area contributed by atoms with Crippen molar-refractivity contribution in [3.8, 4) is 0 Å². The van der Waals surface area contributed by atoms with Crippen LogP contribution in [0.25, 0.3) is 0 Å². The summed E-state index contributed by atoms with van der Waals surface area (Å²) in [5, 5.41) is 12.6. The minimum Gasteiger partial charge on any atom is -0.479 e. The first-order chi connectivity index (χ1) is 10.0. The maximum absolute atomic E-state index is 12.6. The highest BCUT2D eigenvalue weighted by molar-refractivity contribution is 5.80. The monoisotopic (exact) mass is 295 g/mol. The third-order valence-corrected chi connectivity index (χ3v) is 5.85. The Morgan fingerprint density at radius 3 is 2.76 bits per heavy atom. The van der Waals surface area contributed by atoms with E-state index in [2.05, 4.69) is 5.32 Å². The van der Waals surface area contributed by atoms with Crippen LogP contribution in [0.2, 0.25) is 0 Å². The molecule has 0 radical (unpaired) electrons. The van der Waals surface area contributed by atoms with Crippen LogP contribution in [0, 0.1) is 5.41 Å². The summed E-state index contributed by atoms with van der Waals surface area (Å²) in [6, 6.07) is 0.410. The Bertz CT molecular complexity index is 489. The molecule has 2 aliphatic heterocycles. The molecule has 2 amide bonds. The highest BCUT2D eigenvalue weighted by Gasteiger charge is 2.76. The number of fused-ring (bicyclic) bond motifs is 1. The molecule has 5 fully saturated rings. The van der Waals surface area contributed by atoms with Crippen molar-refractivity contribution in [1.29, 1.82) is 0 Å². The van der Waals surface area contributed by atoms with E-state index in [0.29, 0.717) is 0 Å². The van der Waals surface area contributed by atoms with Crippen LogP contribution in [0.15, 0.2) is 0 Å². The Balaban J connectivity index is 1.47. The van der Waals surface area contributed by atoms with Gasteiger partial charge < -0.3 is 25.0 Å². The molecule has 2 atom stereocenters. The van der Waals surface area contributed by atoms with Gasteiger partial charge in [0.1, 0.15) is 0 Å². The molecule has 7 nitrogen and oxygen atoms in total. The standard InChI is InChI=1S/C14H21N3O4/c1-21-10(11(18)19)13-6-14(7-13,8-13)17-5-9-4-15-2-3-16(9)12(17)20/h9-10,15H,2-8H2,1H3,(H,18,19)/t9-,10?,13?,14?/m0/s1. The lowest BCUT2D eigenvalue weighted by atomic mass is 9.37. The van der Waals surface area contributed by atoms with Gasteiger partial charge in [0, 0.05) is 44.2 Å². The zero-order valence-electron chi connectivity index (χ0n) is 12.2. The van der Waals surface area contributed by atoms with Gasteiger partial charge in [-0.25, -0.2) is 9.59 Å². The summed E-state index contributed by atoms with van der Waals surface area (Å²) in [5.74, 6) is -0.889. The number of methoxy groups -OCH3 is 1. The topological polar surface area (TPSA) is 82.1 Å². The summed E-state index contributed by atoms with van der Waals surface area (Å²) in [7, 11) is 1.46. The molecule has 5 rings (SSSR count). The fraction of sp³-hybridized carbons (Fsp3) is 0.857. The summed E-state index contributed by atoms with van der Waals surface area (Å²) in [4.78, 5) is 27.8. The Kier molecular flexibility index (Phi) is 2.60. The summed E-state index contributed by atoms with van der Waals surface area (Å²) >= 11 is 0. The second-order valence-electron chi connectivity index (χ2n) is 7.02. The number of carboxylic acid groups (broad SMARTS) is 1. The zero-order chi connectivity index (χ0) is 14.8. The first kappa shape index (κ1) is 13.3. The molecule has 3 saturated carbocycles. The van der Waals surface area contributed by atoms with Crippen LogP contribution < -0.4 is 5.32 Å². The predicted molar refractivity (Wildman–Crippen MR) is 72.9 cm³/mol. The molecular weight excluding hydrogens is 274 g/mol. The van der Waals surface area contributed by atoms with Gasteiger partial charge >= 0.3 is 12.0 Å². The van der Waals surface area contributed by atoms with Gasteiger partial charge in [-0.1, -0.05) is 0 Å². The number of urea groups is 1. The number of carbonyl (C=O) groups excluding carboxylic acids is 1. The molecule has 0 spiro atoms. The maximum Gasteiger partial charge on any atom is 0.333 e. The second kappa shape index (κ2) is 4.10. The van der Waals surface area contributed by atoms with E-state index >= 15 is 0 Å². The average molecular weight is 295 g/mol. The molecule has 7 heteroatoms. The number of carbonyl (C=O) groups is 2.